The molecule has 2 heteroatoms. The van der Waals surface area contributed by atoms with Crippen LogP contribution in [0.3, 0.4) is 0 Å². The van der Waals surface area contributed by atoms with Crippen molar-refractivity contribution in [3.8, 4) is 5.75 Å². The largest absolute Gasteiger partial charge is 0.493 e. The number of unbranched alkanes of at least 4 members (excludes halogenated alkanes) is 3. The van der Waals surface area contributed by atoms with Crippen molar-refractivity contribution >= 4 is 0 Å². The van der Waals surface area contributed by atoms with E-state index in [4.69, 9.17) is 10.5 Å². The molecular formula is C15H25NO. The van der Waals surface area contributed by atoms with Gasteiger partial charge in [-0.1, -0.05) is 38.3 Å². The van der Waals surface area contributed by atoms with Crippen LogP contribution in [0.25, 0.3) is 0 Å². The van der Waals surface area contributed by atoms with Crippen LogP contribution < -0.4 is 10.5 Å². The maximum Gasteiger partial charge on any atom is 0.122 e. The second kappa shape index (κ2) is 7.33. The molecule has 0 fully saturated rings. The minimum absolute atomic E-state index is 0.0901. The zero-order valence-electron chi connectivity index (χ0n) is 11.3. The molecule has 2 nitrogen and oxygen atoms in total. The molecule has 17 heavy (non-hydrogen) atoms. The lowest BCUT2D eigenvalue weighted by Gasteiger charge is -2.12. The number of nitrogens with two attached hydrogens (primary N) is 1. The first-order valence-corrected chi connectivity index (χ1v) is 6.64. The van der Waals surface area contributed by atoms with Crippen molar-refractivity contribution in [2.75, 3.05) is 6.61 Å². The lowest BCUT2D eigenvalue weighted by atomic mass is 10.1. The van der Waals surface area contributed by atoms with Crippen LogP contribution in [-0.4, -0.2) is 6.61 Å². The first-order valence-electron chi connectivity index (χ1n) is 6.64. The Hall–Kier alpha value is -1.02. The molecule has 0 spiro atoms. The van der Waals surface area contributed by atoms with Crippen molar-refractivity contribution in [3.63, 3.8) is 0 Å². The molecule has 0 saturated carbocycles. The van der Waals surface area contributed by atoms with Crippen molar-refractivity contribution in [2.45, 2.75) is 52.5 Å². The van der Waals surface area contributed by atoms with E-state index in [1.807, 2.05) is 13.0 Å². The van der Waals surface area contributed by atoms with Gasteiger partial charge in [0, 0.05) is 6.04 Å². The Morgan fingerprint density at radius 3 is 2.59 bits per heavy atom. The minimum atomic E-state index is 0.0901. The molecule has 0 bridgehead atoms. The number of rotatable bonds is 7. The van der Waals surface area contributed by atoms with Crippen LogP contribution in [0.2, 0.25) is 0 Å². The van der Waals surface area contributed by atoms with E-state index in [0.29, 0.717) is 0 Å². The zero-order chi connectivity index (χ0) is 12.7. The van der Waals surface area contributed by atoms with Gasteiger partial charge < -0.3 is 10.5 Å². The Kier molecular flexibility index (Phi) is 6.06. The summed E-state index contributed by atoms with van der Waals surface area (Å²) in [7, 11) is 0. The molecule has 96 valence electrons. The van der Waals surface area contributed by atoms with Gasteiger partial charge in [0.2, 0.25) is 0 Å². The quantitative estimate of drug-likeness (QED) is 0.726. The average molecular weight is 235 g/mol. The van der Waals surface area contributed by atoms with Crippen LogP contribution in [0.15, 0.2) is 18.2 Å². The Bertz CT molecular complexity index is 334. The summed E-state index contributed by atoms with van der Waals surface area (Å²) >= 11 is 0. The lowest BCUT2D eigenvalue weighted by Crippen LogP contribution is -2.06. The predicted molar refractivity (Wildman–Crippen MR) is 73.4 cm³/mol. The Labute approximate surface area is 105 Å². The molecule has 0 radical (unpaired) electrons. The molecule has 0 aliphatic rings. The van der Waals surface area contributed by atoms with E-state index >= 15 is 0 Å². The highest BCUT2D eigenvalue weighted by Crippen LogP contribution is 2.22. The number of hydrogen-bond acceptors (Lipinski definition) is 2. The SMILES string of the molecule is CCCCCCOc1ccc([C@@H](C)N)cc1C. The molecule has 2 N–H and O–H groups in total. The number of benzene rings is 1. The van der Waals surface area contributed by atoms with E-state index in [-0.39, 0.29) is 6.04 Å². The van der Waals surface area contributed by atoms with Gasteiger partial charge in [-0.15, -0.1) is 0 Å². The van der Waals surface area contributed by atoms with Crippen LogP contribution >= 0.6 is 0 Å². The van der Waals surface area contributed by atoms with Crippen molar-refractivity contribution in [2.24, 2.45) is 5.73 Å². The fourth-order valence-electron chi connectivity index (χ4n) is 1.83. The molecule has 0 aromatic heterocycles. The van der Waals surface area contributed by atoms with E-state index in [1.165, 1.54) is 30.4 Å². The fourth-order valence-corrected chi connectivity index (χ4v) is 1.83. The molecule has 1 aromatic carbocycles. The summed E-state index contributed by atoms with van der Waals surface area (Å²) in [6.45, 7) is 7.11. The van der Waals surface area contributed by atoms with Crippen LogP contribution in [0, 0.1) is 6.92 Å². The molecule has 0 aliphatic heterocycles. The van der Waals surface area contributed by atoms with Crippen LogP contribution in [0.4, 0.5) is 0 Å². The number of hydrogen-bond donors (Lipinski definition) is 1. The van der Waals surface area contributed by atoms with Crippen molar-refractivity contribution in [3.05, 3.63) is 29.3 Å². The molecule has 1 aromatic rings. The molecule has 0 amide bonds. The molecule has 1 atom stereocenters. The van der Waals surface area contributed by atoms with Crippen molar-refractivity contribution in [1.82, 2.24) is 0 Å². The number of aryl methyl sites for hydroxylation is 1. The standard InChI is InChI=1S/C15H25NO/c1-4-5-6-7-10-17-15-9-8-14(13(3)16)11-12(15)2/h8-9,11,13H,4-7,10,16H2,1-3H3/t13-/m1/s1. The first-order chi connectivity index (χ1) is 8.15. The average Bonchev–Trinajstić information content (AvgIpc) is 2.30. The number of ether oxygens (including phenoxy) is 1. The van der Waals surface area contributed by atoms with Gasteiger partial charge in [-0.3, -0.25) is 0 Å². The summed E-state index contributed by atoms with van der Waals surface area (Å²) in [4.78, 5) is 0. The summed E-state index contributed by atoms with van der Waals surface area (Å²) in [6, 6.07) is 6.30. The smallest absolute Gasteiger partial charge is 0.122 e. The summed E-state index contributed by atoms with van der Waals surface area (Å²) in [5, 5.41) is 0. The van der Waals surface area contributed by atoms with Gasteiger partial charge in [0.15, 0.2) is 0 Å². The monoisotopic (exact) mass is 235 g/mol. The van der Waals surface area contributed by atoms with Gasteiger partial charge in [0.25, 0.3) is 0 Å². The van der Waals surface area contributed by atoms with Gasteiger partial charge in [0.1, 0.15) is 5.75 Å². The van der Waals surface area contributed by atoms with Crippen LogP contribution in [0.1, 0.15) is 56.7 Å². The van der Waals surface area contributed by atoms with E-state index in [0.717, 1.165) is 18.8 Å². The molecule has 1 rings (SSSR count). The van der Waals surface area contributed by atoms with E-state index in [9.17, 15) is 0 Å². The van der Waals surface area contributed by atoms with Gasteiger partial charge in [-0.2, -0.15) is 0 Å². The lowest BCUT2D eigenvalue weighted by molar-refractivity contribution is 0.303. The first kappa shape index (κ1) is 14.0. The Morgan fingerprint density at radius 1 is 1.24 bits per heavy atom. The summed E-state index contributed by atoms with van der Waals surface area (Å²) in [5.41, 5.74) is 8.19. The third-order valence-corrected chi connectivity index (χ3v) is 2.98. The van der Waals surface area contributed by atoms with Crippen LogP contribution in [-0.2, 0) is 0 Å². The third-order valence-electron chi connectivity index (χ3n) is 2.98. The summed E-state index contributed by atoms with van der Waals surface area (Å²) in [6.07, 6.45) is 4.96. The Morgan fingerprint density at radius 2 is 2.00 bits per heavy atom. The van der Waals surface area contributed by atoms with E-state index in [1.54, 1.807) is 0 Å². The predicted octanol–water partition coefficient (Wildman–Crippen LogP) is 3.97. The molecule has 0 aliphatic carbocycles. The fraction of sp³-hybridized carbons (Fsp3) is 0.600. The van der Waals surface area contributed by atoms with Gasteiger partial charge >= 0.3 is 0 Å². The highest BCUT2D eigenvalue weighted by atomic mass is 16.5. The van der Waals surface area contributed by atoms with Gasteiger partial charge in [-0.25, -0.2) is 0 Å². The topological polar surface area (TPSA) is 35.2 Å². The van der Waals surface area contributed by atoms with Crippen molar-refractivity contribution < 1.29 is 4.74 Å². The molecular weight excluding hydrogens is 210 g/mol. The maximum atomic E-state index is 5.85. The minimum Gasteiger partial charge on any atom is -0.493 e. The zero-order valence-corrected chi connectivity index (χ0v) is 11.3. The van der Waals surface area contributed by atoms with Gasteiger partial charge in [-0.05, 0) is 37.5 Å². The Balaban J connectivity index is 2.43. The van der Waals surface area contributed by atoms with E-state index < -0.39 is 0 Å². The molecule has 0 saturated heterocycles. The molecule has 0 heterocycles. The van der Waals surface area contributed by atoms with Crippen molar-refractivity contribution in [1.29, 1.82) is 0 Å². The second-order valence-electron chi connectivity index (χ2n) is 4.72. The highest BCUT2D eigenvalue weighted by Gasteiger charge is 2.04. The van der Waals surface area contributed by atoms with E-state index in [2.05, 4.69) is 26.0 Å². The molecule has 0 unspecified atom stereocenters. The van der Waals surface area contributed by atoms with Gasteiger partial charge in [0.05, 0.1) is 6.61 Å². The summed E-state index contributed by atoms with van der Waals surface area (Å²) in [5.74, 6) is 0.992. The maximum absolute atomic E-state index is 5.85. The normalized spacial score (nSPS) is 12.5. The highest BCUT2D eigenvalue weighted by molar-refractivity contribution is 5.37. The second-order valence-corrected chi connectivity index (χ2v) is 4.72. The summed E-state index contributed by atoms with van der Waals surface area (Å²) < 4.78 is 5.78. The third kappa shape index (κ3) is 4.78. The van der Waals surface area contributed by atoms with Crippen LogP contribution in [0.5, 0.6) is 5.75 Å².